The van der Waals surface area contributed by atoms with Crippen molar-refractivity contribution in [2.24, 2.45) is 22.7 Å². The molecule has 0 bridgehead atoms. The number of nitrogens with zero attached hydrogens (tertiary/aromatic N) is 1. The molecule has 1 aliphatic carbocycles. The van der Waals surface area contributed by atoms with Gasteiger partial charge in [0.2, 0.25) is 17.6 Å². The average molecular weight is 563 g/mol. The minimum absolute atomic E-state index is 0.0954. The third-order valence-electron chi connectivity index (χ3n) is 7.87. The number of nitrogens with one attached hydrogen (secondary N) is 3. The predicted octanol–water partition coefficient (Wildman–Crippen LogP) is 3.35. The van der Waals surface area contributed by atoms with Gasteiger partial charge in [-0.3, -0.25) is 19.2 Å². The molecule has 1 heterocycles. The number of Topliss-reactive ketones (excluding diaryl/α,β-unsaturated/α-hetero) is 1. The van der Waals surface area contributed by atoms with Gasteiger partial charge in [-0.2, -0.15) is 0 Å². The molecular weight excluding hydrogens is 512 g/mol. The Labute approximate surface area is 239 Å². The van der Waals surface area contributed by atoms with Gasteiger partial charge >= 0.3 is 6.09 Å². The summed E-state index contributed by atoms with van der Waals surface area (Å²) >= 11 is 0. The molecule has 0 aromatic heterocycles. The molecule has 40 heavy (non-hydrogen) atoms. The summed E-state index contributed by atoms with van der Waals surface area (Å²) in [6, 6.07) is -2.75. The Morgan fingerprint density at radius 1 is 1.07 bits per heavy atom. The van der Waals surface area contributed by atoms with Crippen molar-refractivity contribution in [2.45, 2.75) is 112 Å². The highest BCUT2D eigenvalue weighted by Gasteiger charge is 2.70. The highest BCUT2D eigenvalue weighted by molar-refractivity contribution is 6.38. The summed E-state index contributed by atoms with van der Waals surface area (Å²) in [6.07, 6.45) is 3.20. The Balaban J connectivity index is 2.30. The van der Waals surface area contributed by atoms with E-state index in [0.29, 0.717) is 25.8 Å². The molecule has 0 radical (unpaired) electrons. The lowest BCUT2D eigenvalue weighted by molar-refractivity contribution is -0.145. The Kier molecular flexibility index (Phi) is 10.6. The number of likely N-dealkylation sites (tertiary alicyclic amines) is 1. The number of piperidine rings is 1. The highest BCUT2D eigenvalue weighted by Crippen LogP contribution is 2.65. The van der Waals surface area contributed by atoms with Gasteiger partial charge in [-0.1, -0.05) is 60.5 Å². The fraction of sp³-hybridized carbons (Fsp3) is 0.767. The van der Waals surface area contributed by atoms with Crippen molar-refractivity contribution >= 4 is 29.6 Å². The molecule has 10 nitrogen and oxygen atoms in total. The first-order valence-electron chi connectivity index (χ1n) is 14.4. The predicted molar refractivity (Wildman–Crippen MR) is 153 cm³/mol. The third kappa shape index (κ3) is 8.07. The smallest absolute Gasteiger partial charge is 0.408 e. The minimum atomic E-state index is -0.993. The van der Waals surface area contributed by atoms with Gasteiger partial charge in [0.25, 0.3) is 5.91 Å². The zero-order chi connectivity index (χ0) is 30.6. The average Bonchev–Trinajstić information content (AvgIpc) is 3.15. The quantitative estimate of drug-likeness (QED) is 0.190. The Morgan fingerprint density at radius 3 is 2.23 bits per heavy atom. The van der Waals surface area contributed by atoms with Crippen LogP contribution in [-0.2, 0) is 23.9 Å². The van der Waals surface area contributed by atoms with Crippen LogP contribution >= 0.6 is 0 Å². The zero-order valence-electron chi connectivity index (χ0n) is 25.8. The lowest BCUT2D eigenvalue weighted by Crippen LogP contribution is -2.60. The number of rotatable bonds is 12. The number of carbonyl (C=O) groups is 5. The second-order valence-corrected chi connectivity index (χ2v) is 13.7. The van der Waals surface area contributed by atoms with E-state index >= 15 is 0 Å². The van der Waals surface area contributed by atoms with Crippen molar-refractivity contribution in [3.05, 3.63) is 12.7 Å². The largest absolute Gasteiger partial charge is 0.444 e. The molecule has 1 aliphatic heterocycles. The number of carbonyl (C=O) groups excluding carboxylic acids is 5. The third-order valence-corrected chi connectivity index (χ3v) is 7.87. The summed E-state index contributed by atoms with van der Waals surface area (Å²) in [5, 5.41) is 8.13. The van der Waals surface area contributed by atoms with Crippen LogP contribution in [0.4, 0.5) is 4.79 Å². The maximum absolute atomic E-state index is 14.0. The number of fused-ring (bicyclic) bond motifs is 1. The van der Waals surface area contributed by atoms with E-state index in [2.05, 4.69) is 36.4 Å². The van der Waals surface area contributed by atoms with Crippen LogP contribution in [0.1, 0.15) is 88.0 Å². The number of hydrogen-bond acceptors (Lipinski definition) is 6. The minimum Gasteiger partial charge on any atom is -0.444 e. The number of unbranched alkanes of at least 4 members (excludes halogenated alkanes) is 1. The van der Waals surface area contributed by atoms with E-state index in [9.17, 15) is 24.0 Å². The molecule has 2 aliphatic rings. The molecule has 10 heteroatoms. The summed E-state index contributed by atoms with van der Waals surface area (Å²) in [5.41, 5.74) is -1.56. The normalized spacial score (nSPS) is 22.8. The molecule has 2 fully saturated rings. The Hall–Kier alpha value is -2.91. The molecule has 5 atom stereocenters. The van der Waals surface area contributed by atoms with Crippen molar-refractivity contribution in [1.29, 1.82) is 0 Å². The maximum atomic E-state index is 14.0. The van der Waals surface area contributed by atoms with Gasteiger partial charge in [-0.15, -0.1) is 6.58 Å². The van der Waals surface area contributed by atoms with Gasteiger partial charge in [-0.25, -0.2) is 4.79 Å². The molecule has 0 aromatic rings. The first kappa shape index (κ1) is 33.3. The van der Waals surface area contributed by atoms with Crippen LogP contribution in [0.2, 0.25) is 0 Å². The van der Waals surface area contributed by atoms with Crippen LogP contribution in [0.5, 0.6) is 0 Å². The second-order valence-electron chi connectivity index (χ2n) is 13.7. The molecular formula is C30H50N4O6. The van der Waals surface area contributed by atoms with E-state index in [-0.39, 0.29) is 29.7 Å². The van der Waals surface area contributed by atoms with Gasteiger partial charge in [0.15, 0.2) is 0 Å². The van der Waals surface area contributed by atoms with E-state index in [4.69, 9.17) is 4.74 Å². The summed E-state index contributed by atoms with van der Waals surface area (Å²) in [6.45, 7) is 21.1. The van der Waals surface area contributed by atoms with E-state index in [0.717, 1.165) is 6.42 Å². The maximum Gasteiger partial charge on any atom is 0.408 e. The molecule has 2 rings (SSSR count). The van der Waals surface area contributed by atoms with Crippen molar-refractivity contribution in [2.75, 3.05) is 13.1 Å². The summed E-state index contributed by atoms with van der Waals surface area (Å²) in [7, 11) is 0. The molecule has 0 aromatic carbocycles. The van der Waals surface area contributed by atoms with Crippen molar-refractivity contribution in [1.82, 2.24) is 20.9 Å². The van der Waals surface area contributed by atoms with Crippen molar-refractivity contribution in [3.8, 4) is 0 Å². The van der Waals surface area contributed by atoms with Gasteiger partial charge < -0.3 is 25.6 Å². The van der Waals surface area contributed by atoms with Crippen LogP contribution in [0.3, 0.4) is 0 Å². The van der Waals surface area contributed by atoms with Crippen LogP contribution in [-0.4, -0.2) is 71.3 Å². The van der Waals surface area contributed by atoms with E-state index in [1.54, 1.807) is 26.8 Å². The monoisotopic (exact) mass is 562 g/mol. The number of alkyl carbamates (subject to hydrolysis) is 1. The first-order chi connectivity index (χ1) is 18.4. The first-order valence-corrected chi connectivity index (χ1v) is 14.4. The molecule has 1 saturated carbocycles. The summed E-state index contributed by atoms with van der Waals surface area (Å²) < 4.78 is 5.41. The SMILES string of the molecule is C=CCCNC(=O)C(=O)C(CCCC)NC(=O)C1C2C(CN1C(=O)C(NC(=O)OC(C)(C)C)C(C)(C)C)C2(C)C. The number of amides is 4. The van der Waals surface area contributed by atoms with Crippen LogP contribution in [0.15, 0.2) is 12.7 Å². The zero-order valence-corrected chi connectivity index (χ0v) is 25.8. The standard InChI is InChI=1S/C30H50N4O6/c1-11-13-15-19(22(35)25(37)31-16-14-12-2)32-24(36)21-20-18(30(20,9)10)17-34(21)26(38)23(28(3,4)5)33-27(39)40-29(6,7)8/h12,18-21,23H,2,11,13-17H2,1,3-10H3,(H,31,37)(H,32,36)(H,33,39). The van der Waals surface area contributed by atoms with Crippen LogP contribution < -0.4 is 16.0 Å². The topological polar surface area (TPSA) is 134 Å². The van der Waals surface area contributed by atoms with Gasteiger partial charge in [-0.05, 0) is 56.3 Å². The fourth-order valence-electron chi connectivity index (χ4n) is 5.52. The summed E-state index contributed by atoms with van der Waals surface area (Å²) in [4.78, 5) is 67.5. The van der Waals surface area contributed by atoms with Crippen LogP contribution in [0.25, 0.3) is 0 Å². The van der Waals surface area contributed by atoms with Gasteiger partial charge in [0.05, 0.1) is 6.04 Å². The number of ketones is 1. The number of hydrogen-bond donors (Lipinski definition) is 3. The molecule has 0 spiro atoms. The molecule has 5 unspecified atom stereocenters. The van der Waals surface area contributed by atoms with Crippen molar-refractivity contribution in [3.63, 3.8) is 0 Å². The number of ether oxygens (including phenoxy) is 1. The molecule has 3 N–H and O–H groups in total. The Bertz CT molecular complexity index is 993. The molecule has 1 saturated heterocycles. The van der Waals surface area contributed by atoms with Gasteiger partial charge in [0.1, 0.15) is 17.7 Å². The highest BCUT2D eigenvalue weighted by atomic mass is 16.6. The Morgan fingerprint density at radius 2 is 1.70 bits per heavy atom. The van der Waals surface area contributed by atoms with Crippen molar-refractivity contribution < 1.29 is 28.7 Å². The van der Waals surface area contributed by atoms with E-state index in [1.807, 2.05) is 27.7 Å². The van der Waals surface area contributed by atoms with Crippen LogP contribution in [0, 0.1) is 22.7 Å². The second kappa shape index (κ2) is 12.7. The lowest BCUT2D eigenvalue weighted by Gasteiger charge is -2.38. The lowest BCUT2D eigenvalue weighted by atomic mass is 9.85. The molecule has 4 amide bonds. The fourth-order valence-corrected chi connectivity index (χ4v) is 5.52. The van der Waals surface area contributed by atoms with E-state index < -0.39 is 52.8 Å². The van der Waals surface area contributed by atoms with E-state index in [1.165, 1.54) is 4.90 Å². The van der Waals surface area contributed by atoms with Gasteiger partial charge in [0, 0.05) is 13.1 Å². The summed E-state index contributed by atoms with van der Waals surface area (Å²) in [5.74, 6) is -2.26. The molecule has 226 valence electrons.